The van der Waals surface area contributed by atoms with Gasteiger partial charge in [0.1, 0.15) is 34.9 Å². The zero-order valence-corrected chi connectivity index (χ0v) is 22.3. The Morgan fingerprint density at radius 1 is 1.00 bits per heavy atom. The average Bonchev–Trinajstić information content (AvgIpc) is 3.32. The Bertz CT molecular complexity index is 1350. The van der Waals surface area contributed by atoms with Crippen LogP contribution < -0.4 is 9.47 Å². The first-order valence-electron chi connectivity index (χ1n) is 13.2. The quantitative estimate of drug-likeness (QED) is 0.273. The Morgan fingerprint density at radius 2 is 1.71 bits per heavy atom. The number of hydrogen-bond donors (Lipinski definition) is 0. The van der Waals surface area contributed by atoms with E-state index in [4.69, 9.17) is 9.47 Å². The molecule has 0 N–H and O–H groups in total. The molecule has 1 fully saturated rings. The topological polar surface area (TPSA) is 72.7 Å². The number of para-hydroxylation sites is 1. The highest BCUT2D eigenvalue weighted by molar-refractivity contribution is 5.80. The van der Waals surface area contributed by atoms with Gasteiger partial charge >= 0.3 is 0 Å². The molecule has 5 rings (SSSR count). The summed E-state index contributed by atoms with van der Waals surface area (Å²) < 4.78 is 14.3. The van der Waals surface area contributed by atoms with Crippen LogP contribution in [0.15, 0.2) is 73.2 Å². The summed E-state index contributed by atoms with van der Waals surface area (Å²) in [6, 6.07) is 19.2. The number of benzene rings is 2. The number of nitrogens with zero attached hydrogens (tertiary/aromatic N) is 5. The second kappa shape index (κ2) is 11.8. The van der Waals surface area contributed by atoms with Gasteiger partial charge < -0.3 is 14.0 Å². The monoisotopic (exact) mass is 513 g/mol. The van der Waals surface area contributed by atoms with E-state index in [0.29, 0.717) is 24.0 Å². The lowest BCUT2D eigenvalue weighted by Gasteiger charge is -2.41. The van der Waals surface area contributed by atoms with Crippen LogP contribution in [0, 0.1) is 5.92 Å². The van der Waals surface area contributed by atoms with Crippen molar-refractivity contribution in [2.75, 3.05) is 27.2 Å². The number of ketones is 1. The number of likely N-dealkylation sites (tertiary alicyclic amines) is 1. The Kier molecular flexibility index (Phi) is 8.00. The highest BCUT2D eigenvalue weighted by atomic mass is 16.5. The van der Waals surface area contributed by atoms with Crippen LogP contribution in [0.25, 0.3) is 11.0 Å². The van der Waals surface area contributed by atoms with E-state index in [1.807, 2.05) is 60.7 Å². The first kappa shape index (κ1) is 25.9. The molecule has 4 aromatic rings. The molecule has 0 radical (unpaired) electrons. The van der Waals surface area contributed by atoms with E-state index in [0.717, 1.165) is 55.0 Å². The van der Waals surface area contributed by atoms with Crippen molar-refractivity contribution in [1.29, 1.82) is 0 Å². The van der Waals surface area contributed by atoms with Crippen molar-refractivity contribution >= 4 is 16.8 Å². The molecule has 198 valence electrons. The molecule has 3 heterocycles. The van der Waals surface area contributed by atoms with Crippen LogP contribution in [0.2, 0.25) is 0 Å². The van der Waals surface area contributed by atoms with E-state index in [9.17, 15) is 4.79 Å². The number of aromatic nitrogens is 3. The van der Waals surface area contributed by atoms with Gasteiger partial charge in [-0.15, -0.1) is 0 Å². The number of hydrogen-bond acceptors (Lipinski definition) is 7. The minimum Gasteiger partial charge on any atom is -0.457 e. The Balaban J connectivity index is 1.30. The van der Waals surface area contributed by atoms with Gasteiger partial charge in [-0.25, -0.2) is 4.98 Å². The molecule has 0 saturated carbocycles. The number of piperidine rings is 1. The van der Waals surface area contributed by atoms with Gasteiger partial charge in [0.15, 0.2) is 0 Å². The second-order valence-corrected chi connectivity index (χ2v) is 10.2. The molecule has 38 heavy (non-hydrogen) atoms. The largest absolute Gasteiger partial charge is 0.457 e. The number of carbonyl (C=O) groups is 1. The van der Waals surface area contributed by atoms with Gasteiger partial charge in [-0.05, 0) is 88.8 Å². The normalized spacial score (nSPS) is 17.0. The van der Waals surface area contributed by atoms with Crippen molar-refractivity contribution in [1.82, 2.24) is 24.3 Å². The maximum Gasteiger partial charge on any atom is 0.247 e. The van der Waals surface area contributed by atoms with Crippen LogP contribution in [0.5, 0.6) is 23.1 Å². The summed E-state index contributed by atoms with van der Waals surface area (Å²) in [5.41, 5.74) is 1.75. The summed E-state index contributed by atoms with van der Waals surface area (Å²) in [7, 11) is 4.11. The van der Waals surface area contributed by atoms with Gasteiger partial charge in [0.05, 0.1) is 11.7 Å². The second-order valence-electron chi connectivity index (χ2n) is 10.2. The molecule has 2 aromatic carbocycles. The number of fused-ring (bicyclic) bond motifs is 1. The molecular weight excluding hydrogens is 478 g/mol. The van der Waals surface area contributed by atoms with E-state index in [1.165, 1.54) is 0 Å². The first-order valence-corrected chi connectivity index (χ1v) is 13.2. The van der Waals surface area contributed by atoms with Crippen molar-refractivity contribution in [2.45, 2.75) is 38.9 Å². The summed E-state index contributed by atoms with van der Waals surface area (Å²) in [6.45, 7) is 4.48. The standard InChI is InChI=1S/C30H35N5O3/c1-22(36)18-28(33(2)3)34-16-7-8-23(19-34)20-35-17-15-27-29(35)30(32-21-31-27)38-26-13-11-25(12-14-26)37-24-9-5-4-6-10-24/h4-6,9-15,17,21,23,28H,7-8,16,18-20H2,1-3H3. The van der Waals surface area contributed by atoms with E-state index >= 15 is 0 Å². The lowest BCUT2D eigenvalue weighted by atomic mass is 9.96. The van der Waals surface area contributed by atoms with Crippen LogP contribution in [0.3, 0.4) is 0 Å². The summed E-state index contributed by atoms with van der Waals surface area (Å²) in [4.78, 5) is 25.4. The summed E-state index contributed by atoms with van der Waals surface area (Å²) >= 11 is 0. The third kappa shape index (κ3) is 6.20. The predicted molar refractivity (Wildman–Crippen MR) is 148 cm³/mol. The van der Waals surface area contributed by atoms with Crippen LogP contribution in [0.1, 0.15) is 26.2 Å². The predicted octanol–water partition coefficient (Wildman–Crippen LogP) is 5.59. The summed E-state index contributed by atoms with van der Waals surface area (Å²) in [6.07, 6.45) is 6.55. The van der Waals surface area contributed by atoms with Gasteiger partial charge in [0.25, 0.3) is 0 Å². The summed E-state index contributed by atoms with van der Waals surface area (Å²) in [5, 5.41) is 0. The molecule has 0 amide bonds. The van der Waals surface area contributed by atoms with Gasteiger partial charge in [0, 0.05) is 25.7 Å². The third-order valence-corrected chi connectivity index (χ3v) is 7.03. The van der Waals surface area contributed by atoms with Gasteiger partial charge in [-0.3, -0.25) is 14.6 Å². The zero-order chi connectivity index (χ0) is 26.5. The molecule has 2 aromatic heterocycles. The van der Waals surface area contributed by atoms with Crippen molar-refractivity contribution in [3.8, 4) is 23.1 Å². The third-order valence-electron chi connectivity index (χ3n) is 7.03. The van der Waals surface area contributed by atoms with Crippen molar-refractivity contribution in [2.24, 2.45) is 5.92 Å². The molecule has 8 heteroatoms. The maximum atomic E-state index is 11.9. The van der Waals surface area contributed by atoms with Crippen LogP contribution in [0.4, 0.5) is 0 Å². The van der Waals surface area contributed by atoms with Crippen LogP contribution in [-0.2, 0) is 11.3 Å². The molecule has 1 saturated heterocycles. The Labute approximate surface area is 223 Å². The van der Waals surface area contributed by atoms with Crippen molar-refractivity contribution < 1.29 is 14.3 Å². The molecule has 2 atom stereocenters. The van der Waals surface area contributed by atoms with Gasteiger partial charge in [0.2, 0.25) is 5.88 Å². The average molecular weight is 514 g/mol. The minimum absolute atomic E-state index is 0.132. The van der Waals surface area contributed by atoms with Crippen LogP contribution in [-0.4, -0.2) is 63.5 Å². The van der Waals surface area contributed by atoms with E-state index in [2.05, 4.69) is 44.6 Å². The number of carbonyl (C=O) groups excluding carboxylic acids is 1. The molecule has 2 unspecified atom stereocenters. The molecular formula is C30H35N5O3. The molecule has 1 aliphatic heterocycles. The highest BCUT2D eigenvalue weighted by Crippen LogP contribution is 2.31. The fourth-order valence-electron chi connectivity index (χ4n) is 5.23. The SMILES string of the molecule is CC(=O)CC(N(C)C)N1CCCC(Cn2ccc3ncnc(Oc4ccc(Oc5ccccc5)cc4)c32)C1. The molecule has 0 aliphatic carbocycles. The highest BCUT2D eigenvalue weighted by Gasteiger charge is 2.28. The number of Topliss-reactive ketones (excluding diaryl/α,β-unsaturated/α-hetero) is 1. The molecule has 8 nitrogen and oxygen atoms in total. The Hall–Kier alpha value is -3.75. The van der Waals surface area contributed by atoms with E-state index in [1.54, 1.807) is 13.3 Å². The number of rotatable bonds is 10. The van der Waals surface area contributed by atoms with Gasteiger partial charge in [-0.2, -0.15) is 4.98 Å². The maximum absolute atomic E-state index is 11.9. The van der Waals surface area contributed by atoms with Gasteiger partial charge in [-0.1, -0.05) is 18.2 Å². The van der Waals surface area contributed by atoms with Crippen molar-refractivity contribution in [3.05, 3.63) is 73.2 Å². The first-order chi connectivity index (χ1) is 18.5. The van der Waals surface area contributed by atoms with E-state index < -0.39 is 0 Å². The lowest BCUT2D eigenvalue weighted by Crippen LogP contribution is -2.50. The molecule has 1 aliphatic rings. The Morgan fingerprint density at radius 3 is 2.42 bits per heavy atom. The van der Waals surface area contributed by atoms with E-state index in [-0.39, 0.29) is 11.9 Å². The number of ether oxygens (including phenoxy) is 2. The van der Waals surface area contributed by atoms with Crippen LogP contribution >= 0.6 is 0 Å². The zero-order valence-electron chi connectivity index (χ0n) is 22.3. The fraction of sp³-hybridized carbons (Fsp3) is 0.367. The molecule has 0 spiro atoms. The lowest BCUT2D eigenvalue weighted by molar-refractivity contribution is -0.120. The van der Waals surface area contributed by atoms with Crippen molar-refractivity contribution in [3.63, 3.8) is 0 Å². The fourth-order valence-corrected chi connectivity index (χ4v) is 5.23. The minimum atomic E-state index is 0.132. The summed E-state index contributed by atoms with van der Waals surface area (Å²) in [5.74, 6) is 3.42. The smallest absolute Gasteiger partial charge is 0.247 e. The molecule has 0 bridgehead atoms.